The number of aliphatic hydroxyl groups is 1. The van der Waals surface area contributed by atoms with Crippen LogP contribution >= 0.6 is 0 Å². The summed E-state index contributed by atoms with van der Waals surface area (Å²) in [6.45, 7) is 0.649. The maximum atomic E-state index is 11.7. The molecule has 0 bridgehead atoms. The third-order valence-corrected chi connectivity index (χ3v) is 3.54. The molecular formula is C12H19NO2. The molecule has 2 aliphatic carbocycles. The standard InChI is InChI=1S/C12H19NO2/c14-11-7-3-6-10(11)8-13-12(15)9-4-1-2-5-9/h1-2,9-11,14H,3-8H2,(H,13,15). The van der Waals surface area contributed by atoms with Crippen LogP contribution < -0.4 is 5.32 Å². The highest BCUT2D eigenvalue weighted by Gasteiger charge is 2.26. The molecule has 0 spiro atoms. The van der Waals surface area contributed by atoms with Crippen molar-refractivity contribution in [3.63, 3.8) is 0 Å². The zero-order chi connectivity index (χ0) is 10.7. The normalized spacial score (nSPS) is 31.0. The summed E-state index contributed by atoms with van der Waals surface area (Å²) in [5.74, 6) is 0.575. The molecule has 1 fully saturated rings. The smallest absolute Gasteiger partial charge is 0.223 e. The molecule has 0 aromatic heterocycles. The van der Waals surface area contributed by atoms with Gasteiger partial charge in [-0.05, 0) is 25.7 Å². The van der Waals surface area contributed by atoms with Gasteiger partial charge < -0.3 is 10.4 Å². The van der Waals surface area contributed by atoms with Crippen LogP contribution in [0, 0.1) is 11.8 Å². The summed E-state index contributed by atoms with van der Waals surface area (Å²) in [4.78, 5) is 11.7. The summed E-state index contributed by atoms with van der Waals surface area (Å²) in [5, 5.41) is 12.6. The summed E-state index contributed by atoms with van der Waals surface area (Å²) in [6, 6.07) is 0. The molecule has 1 amide bonds. The van der Waals surface area contributed by atoms with Gasteiger partial charge in [-0.2, -0.15) is 0 Å². The molecule has 0 heterocycles. The Bertz CT molecular complexity index is 254. The van der Waals surface area contributed by atoms with Crippen molar-refractivity contribution in [2.45, 2.75) is 38.2 Å². The van der Waals surface area contributed by atoms with E-state index in [1.165, 1.54) is 0 Å². The Morgan fingerprint density at radius 1 is 1.33 bits per heavy atom. The van der Waals surface area contributed by atoms with E-state index in [2.05, 4.69) is 17.5 Å². The maximum absolute atomic E-state index is 11.7. The minimum absolute atomic E-state index is 0.142. The highest BCUT2D eigenvalue weighted by Crippen LogP contribution is 2.25. The molecule has 2 N–H and O–H groups in total. The molecule has 84 valence electrons. The van der Waals surface area contributed by atoms with Crippen LogP contribution in [-0.4, -0.2) is 23.7 Å². The lowest BCUT2D eigenvalue weighted by atomic mass is 10.0. The van der Waals surface area contributed by atoms with Gasteiger partial charge in [0.15, 0.2) is 0 Å². The van der Waals surface area contributed by atoms with E-state index < -0.39 is 0 Å². The molecule has 2 rings (SSSR count). The van der Waals surface area contributed by atoms with Crippen molar-refractivity contribution in [2.75, 3.05) is 6.54 Å². The second kappa shape index (κ2) is 4.79. The zero-order valence-corrected chi connectivity index (χ0v) is 8.98. The molecule has 15 heavy (non-hydrogen) atoms. The fourth-order valence-electron chi connectivity index (χ4n) is 2.46. The van der Waals surface area contributed by atoms with Crippen molar-refractivity contribution in [1.82, 2.24) is 5.32 Å². The van der Waals surface area contributed by atoms with Gasteiger partial charge in [-0.15, -0.1) is 0 Å². The quantitative estimate of drug-likeness (QED) is 0.687. The highest BCUT2D eigenvalue weighted by atomic mass is 16.3. The number of aliphatic hydroxyl groups excluding tert-OH is 1. The van der Waals surface area contributed by atoms with Crippen LogP contribution in [0.2, 0.25) is 0 Å². The number of hydrogen-bond acceptors (Lipinski definition) is 2. The minimum Gasteiger partial charge on any atom is -0.393 e. The van der Waals surface area contributed by atoms with Crippen molar-refractivity contribution in [3.8, 4) is 0 Å². The molecule has 2 unspecified atom stereocenters. The van der Waals surface area contributed by atoms with Crippen LogP contribution in [0.3, 0.4) is 0 Å². The SMILES string of the molecule is O=C(NCC1CCCC1O)C1CC=CC1. The van der Waals surface area contributed by atoms with Gasteiger partial charge in [-0.3, -0.25) is 4.79 Å². The summed E-state index contributed by atoms with van der Waals surface area (Å²) < 4.78 is 0. The first-order valence-electron chi connectivity index (χ1n) is 5.88. The third-order valence-electron chi connectivity index (χ3n) is 3.54. The van der Waals surface area contributed by atoms with Crippen LogP contribution in [0.1, 0.15) is 32.1 Å². The second-order valence-electron chi connectivity index (χ2n) is 4.64. The number of hydrogen-bond donors (Lipinski definition) is 2. The Morgan fingerprint density at radius 3 is 2.67 bits per heavy atom. The number of amides is 1. The van der Waals surface area contributed by atoms with Gasteiger partial charge in [0.05, 0.1) is 6.10 Å². The molecule has 3 nitrogen and oxygen atoms in total. The topological polar surface area (TPSA) is 49.3 Å². The first kappa shape index (κ1) is 10.7. The average molecular weight is 209 g/mol. The van der Waals surface area contributed by atoms with Crippen LogP contribution in [0.15, 0.2) is 12.2 Å². The fraction of sp³-hybridized carbons (Fsp3) is 0.750. The summed E-state index contributed by atoms with van der Waals surface area (Å²) >= 11 is 0. The first-order chi connectivity index (χ1) is 7.27. The number of allylic oxidation sites excluding steroid dienone is 2. The Kier molecular flexibility index (Phi) is 3.41. The summed E-state index contributed by atoms with van der Waals surface area (Å²) in [6.07, 6.45) is 8.70. The highest BCUT2D eigenvalue weighted by molar-refractivity contribution is 5.79. The predicted molar refractivity (Wildman–Crippen MR) is 58.2 cm³/mol. The zero-order valence-electron chi connectivity index (χ0n) is 8.98. The minimum atomic E-state index is -0.202. The monoisotopic (exact) mass is 209 g/mol. The van der Waals surface area contributed by atoms with E-state index in [0.29, 0.717) is 6.54 Å². The van der Waals surface area contributed by atoms with Gasteiger partial charge in [0.1, 0.15) is 0 Å². The van der Waals surface area contributed by atoms with E-state index in [1.54, 1.807) is 0 Å². The molecule has 2 atom stereocenters. The van der Waals surface area contributed by atoms with Gasteiger partial charge in [-0.25, -0.2) is 0 Å². The lowest BCUT2D eigenvalue weighted by molar-refractivity contribution is -0.124. The van der Waals surface area contributed by atoms with Gasteiger partial charge >= 0.3 is 0 Å². The lowest BCUT2D eigenvalue weighted by Crippen LogP contribution is -2.35. The summed E-state index contributed by atoms with van der Waals surface area (Å²) in [7, 11) is 0. The van der Waals surface area contributed by atoms with Gasteiger partial charge in [0, 0.05) is 18.4 Å². The Morgan fingerprint density at radius 2 is 2.07 bits per heavy atom. The molecule has 2 aliphatic rings. The van der Waals surface area contributed by atoms with Crippen LogP contribution in [0.5, 0.6) is 0 Å². The van der Waals surface area contributed by atoms with E-state index in [0.717, 1.165) is 32.1 Å². The molecule has 0 radical (unpaired) electrons. The van der Waals surface area contributed by atoms with E-state index in [1.807, 2.05) is 0 Å². The number of carbonyl (C=O) groups is 1. The van der Waals surface area contributed by atoms with Crippen molar-refractivity contribution in [3.05, 3.63) is 12.2 Å². The first-order valence-corrected chi connectivity index (χ1v) is 5.88. The van der Waals surface area contributed by atoms with Crippen molar-refractivity contribution in [1.29, 1.82) is 0 Å². The van der Waals surface area contributed by atoms with Crippen molar-refractivity contribution in [2.24, 2.45) is 11.8 Å². The fourth-order valence-corrected chi connectivity index (χ4v) is 2.46. The Labute approximate surface area is 90.6 Å². The Hall–Kier alpha value is -0.830. The lowest BCUT2D eigenvalue weighted by Gasteiger charge is -2.17. The Balaban J connectivity index is 1.70. The number of nitrogens with one attached hydrogen (secondary N) is 1. The van der Waals surface area contributed by atoms with E-state index >= 15 is 0 Å². The van der Waals surface area contributed by atoms with E-state index in [9.17, 15) is 9.90 Å². The van der Waals surface area contributed by atoms with Crippen LogP contribution in [0.4, 0.5) is 0 Å². The third kappa shape index (κ3) is 2.59. The van der Waals surface area contributed by atoms with E-state index in [4.69, 9.17) is 0 Å². The second-order valence-corrected chi connectivity index (χ2v) is 4.64. The largest absolute Gasteiger partial charge is 0.393 e. The van der Waals surface area contributed by atoms with Gasteiger partial charge in [0.25, 0.3) is 0 Å². The van der Waals surface area contributed by atoms with Crippen molar-refractivity contribution < 1.29 is 9.90 Å². The molecular weight excluding hydrogens is 190 g/mol. The molecule has 1 saturated carbocycles. The van der Waals surface area contributed by atoms with Gasteiger partial charge in [-0.1, -0.05) is 18.6 Å². The predicted octanol–water partition coefficient (Wildman–Crippen LogP) is 1.23. The van der Waals surface area contributed by atoms with Crippen LogP contribution in [0.25, 0.3) is 0 Å². The molecule has 0 aliphatic heterocycles. The summed E-state index contributed by atoms with van der Waals surface area (Å²) in [5.41, 5.74) is 0. The average Bonchev–Trinajstić information content (AvgIpc) is 2.85. The molecule has 0 aromatic carbocycles. The number of carbonyl (C=O) groups excluding carboxylic acids is 1. The molecule has 3 heteroatoms. The van der Waals surface area contributed by atoms with Crippen LogP contribution in [-0.2, 0) is 4.79 Å². The number of rotatable bonds is 3. The maximum Gasteiger partial charge on any atom is 0.223 e. The van der Waals surface area contributed by atoms with E-state index in [-0.39, 0.29) is 23.8 Å². The molecule has 0 saturated heterocycles. The van der Waals surface area contributed by atoms with Crippen molar-refractivity contribution >= 4 is 5.91 Å². The molecule has 0 aromatic rings. The van der Waals surface area contributed by atoms with Gasteiger partial charge in [0.2, 0.25) is 5.91 Å².